The number of aliphatic hydroxyl groups excluding tert-OH is 1. The molecule has 3 saturated carbocycles. The Hall–Kier alpha value is -0.560. The van der Waals surface area contributed by atoms with E-state index in [0.717, 1.165) is 24.2 Å². The summed E-state index contributed by atoms with van der Waals surface area (Å²) in [5, 5.41) is 11.1. The van der Waals surface area contributed by atoms with Gasteiger partial charge >= 0.3 is 0 Å². The van der Waals surface area contributed by atoms with Gasteiger partial charge in [-0.05, 0) is 114 Å². The summed E-state index contributed by atoms with van der Waals surface area (Å²) in [6.45, 7) is 14.5. The highest BCUT2D eigenvalue weighted by atomic mass is 16.3. The van der Waals surface area contributed by atoms with E-state index in [0.29, 0.717) is 17.3 Å². The normalized spacial score (nSPS) is 44.9. The molecule has 2 unspecified atom stereocenters. The van der Waals surface area contributed by atoms with E-state index in [1.54, 1.807) is 11.1 Å². The van der Waals surface area contributed by atoms with Gasteiger partial charge in [0.1, 0.15) is 0 Å². The third kappa shape index (κ3) is 3.38. The first-order valence-electron chi connectivity index (χ1n) is 12.7. The molecule has 0 aromatic rings. The highest BCUT2D eigenvalue weighted by molar-refractivity contribution is 5.28. The molecule has 0 saturated heterocycles. The SMILES string of the molecule is CC(C)=C(C)CC[C@@H](C)[C@H]1CC[C@H]2C3=CCC4CCCC(O)[C@]4(C)[C@H]3CC[C@]12C. The summed E-state index contributed by atoms with van der Waals surface area (Å²) < 4.78 is 0. The summed E-state index contributed by atoms with van der Waals surface area (Å²) in [4.78, 5) is 0. The molecule has 0 bridgehead atoms. The van der Waals surface area contributed by atoms with Crippen molar-refractivity contribution in [2.45, 2.75) is 112 Å². The Morgan fingerprint density at radius 3 is 2.55 bits per heavy atom. The van der Waals surface area contributed by atoms with Gasteiger partial charge in [-0.3, -0.25) is 0 Å². The fraction of sp³-hybridized carbons (Fsp3) is 0.857. The van der Waals surface area contributed by atoms with Crippen LogP contribution in [0.25, 0.3) is 0 Å². The Morgan fingerprint density at radius 1 is 1.07 bits per heavy atom. The summed E-state index contributed by atoms with van der Waals surface area (Å²) in [7, 11) is 0. The van der Waals surface area contributed by atoms with Gasteiger partial charge in [0.05, 0.1) is 6.10 Å². The highest BCUT2D eigenvalue weighted by Crippen LogP contribution is 2.66. The van der Waals surface area contributed by atoms with Crippen LogP contribution in [0.3, 0.4) is 0 Å². The molecule has 0 aromatic carbocycles. The van der Waals surface area contributed by atoms with E-state index in [-0.39, 0.29) is 11.5 Å². The van der Waals surface area contributed by atoms with Crippen molar-refractivity contribution in [3.05, 3.63) is 22.8 Å². The first-order chi connectivity index (χ1) is 13.7. The lowest BCUT2D eigenvalue weighted by Gasteiger charge is -2.58. The first kappa shape index (κ1) is 21.7. The second-order valence-corrected chi connectivity index (χ2v) is 12.1. The Bertz CT molecular complexity index is 682. The predicted octanol–water partition coefficient (Wildman–Crippen LogP) is 7.70. The second kappa shape index (κ2) is 7.85. The van der Waals surface area contributed by atoms with Crippen LogP contribution in [0.2, 0.25) is 0 Å². The number of aliphatic hydroxyl groups is 1. The van der Waals surface area contributed by atoms with Gasteiger partial charge in [-0.25, -0.2) is 0 Å². The molecule has 29 heavy (non-hydrogen) atoms. The molecule has 0 aliphatic heterocycles. The molecule has 164 valence electrons. The molecule has 0 radical (unpaired) electrons. The van der Waals surface area contributed by atoms with E-state index >= 15 is 0 Å². The molecular formula is C28H46O. The number of fused-ring (bicyclic) bond motifs is 5. The van der Waals surface area contributed by atoms with Crippen molar-refractivity contribution < 1.29 is 5.11 Å². The number of allylic oxidation sites excluding steroid dienone is 4. The van der Waals surface area contributed by atoms with E-state index < -0.39 is 0 Å². The van der Waals surface area contributed by atoms with Crippen LogP contribution >= 0.6 is 0 Å². The Balaban J connectivity index is 1.54. The quantitative estimate of drug-likeness (QED) is 0.481. The van der Waals surface area contributed by atoms with Crippen molar-refractivity contribution in [1.29, 1.82) is 0 Å². The van der Waals surface area contributed by atoms with Crippen molar-refractivity contribution in [2.24, 2.45) is 40.4 Å². The number of rotatable bonds is 4. The van der Waals surface area contributed by atoms with Crippen LogP contribution < -0.4 is 0 Å². The zero-order valence-corrected chi connectivity index (χ0v) is 20.1. The molecule has 1 nitrogen and oxygen atoms in total. The molecule has 1 heteroatoms. The fourth-order valence-corrected chi connectivity index (χ4v) is 8.44. The van der Waals surface area contributed by atoms with Crippen molar-refractivity contribution in [3.63, 3.8) is 0 Å². The molecule has 3 fully saturated rings. The van der Waals surface area contributed by atoms with Gasteiger partial charge in [0.2, 0.25) is 0 Å². The van der Waals surface area contributed by atoms with E-state index in [2.05, 4.69) is 47.6 Å². The van der Waals surface area contributed by atoms with Crippen LogP contribution in [0.15, 0.2) is 22.8 Å². The summed E-state index contributed by atoms with van der Waals surface area (Å²) in [5.74, 6) is 3.85. The molecule has 0 heterocycles. The van der Waals surface area contributed by atoms with Crippen molar-refractivity contribution in [2.75, 3.05) is 0 Å². The molecule has 0 amide bonds. The smallest absolute Gasteiger partial charge is 0.0602 e. The van der Waals surface area contributed by atoms with Crippen LogP contribution in [-0.4, -0.2) is 11.2 Å². The molecule has 0 aromatic heterocycles. The Morgan fingerprint density at radius 2 is 1.83 bits per heavy atom. The highest BCUT2D eigenvalue weighted by Gasteiger charge is 2.59. The summed E-state index contributed by atoms with van der Waals surface area (Å²) >= 11 is 0. The Kier molecular flexibility index (Phi) is 5.86. The first-order valence-corrected chi connectivity index (χ1v) is 12.7. The van der Waals surface area contributed by atoms with Gasteiger partial charge in [0.25, 0.3) is 0 Å². The molecule has 8 atom stereocenters. The van der Waals surface area contributed by atoms with Crippen molar-refractivity contribution in [3.8, 4) is 0 Å². The third-order valence-corrected chi connectivity index (χ3v) is 10.7. The average Bonchev–Trinajstić information content (AvgIpc) is 3.04. The lowest BCUT2D eigenvalue weighted by Crippen LogP contribution is -2.54. The van der Waals surface area contributed by atoms with Crippen LogP contribution in [0.4, 0.5) is 0 Å². The van der Waals surface area contributed by atoms with Gasteiger partial charge in [0, 0.05) is 5.41 Å². The topological polar surface area (TPSA) is 20.2 Å². The van der Waals surface area contributed by atoms with Crippen LogP contribution in [0.5, 0.6) is 0 Å². The van der Waals surface area contributed by atoms with Gasteiger partial charge in [-0.15, -0.1) is 0 Å². The zero-order valence-electron chi connectivity index (χ0n) is 20.1. The molecule has 4 rings (SSSR count). The molecule has 4 aliphatic rings. The minimum absolute atomic E-state index is 0.0810. The van der Waals surface area contributed by atoms with Gasteiger partial charge in [0.15, 0.2) is 0 Å². The maximum absolute atomic E-state index is 11.1. The fourth-order valence-electron chi connectivity index (χ4n) is 8.44. The van der Waals surface area contributed by atoms with Crippen LogP contribution in [0, 0.1) is 40.4 Å². The number of hydrogen-bond donors (Lipinski definition) is 1. The van der Waals surface area contributed by atoms with E-state index in [9.17, 15) is 5.11 Å². The van der Waals surface area contributed by atoms with E-state index in [1.165, 1.54) is 63.4 Å². The minimum Gasteiger partial charge on any atom is -0.393 e. The molecule has 4 aliphatic carbocycles. The molecular weight excluding hydrogens is 352 g/mol. The zero-order chi connectivity index (χ0) is 21.0. The number of hydrogen-bond acceptors (Lipinski definition) is 1. The summed E-state index contributed by atoms with van der Waals surface area (Å²) in [6, 6.07) is 0. The monoisotopic (exact) mass is 398 g/mol. The molecule has 1 N–H and O–H groups in total. The largest absolute Gasteiger partial charge is 0.393 e. The van der Waals surface area contributed by atoms with Gasteiger partial charge < -0.3 is 5.11 Å². The minimum atomic E-state index is -0.0810. The van der Waals surface area contributed by atoms with Crippen LogP contribution in [-0.2, 0) is 0 Å². The summed E-state index contributed by atoms with van der Waals surface area (Å²) in [5.41, 5.74) is 5.53. The van der Waals surface area contributed by atoms with Gasteiger partial charge in [-0.2, -0.15) is 0 Å². The maximum Gasteiger partial charge on any atom is 0.0602 e. The van der Waals surface area contributed by atoms with Crippen molar-refractivity contribution in [1.82, 2.24) is 0 Å². The maximum atomic E-state index is 11.1. The third-order valence-electron chi connectivity index (χ3n) is 10.7. The Labute approximate surface area is 180 Å². The molecule has 0 spiro atoms. The second-order valence-electron chi connectivity index (χ2n) is 12.1. The van der Waals surface area contributed by atoms with E-state index in [1.807, 2.05) is 0 Å². The summed E-state index contributed by atoms with van der Waals surface area (Å²) in [6.07, 6.45) is 15.6. The van der Waals surface area contributed by atoms with E-state index in [4.69, 9.17) is 0 Å². The standard InChI is InChI=1S/C28H46O/c1-18(2)19(3)10-11-20(4)23-14-15-24-22-13-12-21-8-7-9-26(29)28(21,6)25(22)16-17-27(23,24)5/h13,20-21,23-26,29H,7-12,14-17H2,1-6H3/t20-,21?,23-,24+,25+,26?,27-,28+/m1/s1. The lowest BCUT2D eigenvalue weighted by molar-refractivity contribution is -0.0959. The average molecular weight is 399 g/mol. The van der Waals surface area contributed by atoms with Crippen LogP contribution in [0.1, 0.15) is 106 Å². The van der Waals surface area contributed by atoms with Gasteiger partial charge in [-0.1, -0.05) is 50.0 Å². The van der Waals surface area contributed by atoms with Crippen molar-refractivity contribution >= 4 is 0 Å². The predicted molar refractivity (Wildman–Crippen MR) is 124 cm³/mol. The lowest BCUT2D eigenvalue weighted by atomic mass is 9.47.